The van der Waals surface area contributed by atoms with Gasteiger partial charge in [-0.15, -0.1) is 11.3 Å². The van der Waals surface area contributed by atoms with Crippen molar-refractivity contribution in [2.24, 2.45) is 0 Å². The first-order valence-electron chi connectivity index (χ1n) is 8.90. The van der Waals surface area contributed by atoms with Gasteiger partial charge in [-0.3, -0.25) is 9.59 Å². The first kappa shape index (κ1) is 17.8. The maximum Gasteiger partial charge on any atom is 0.279 e. The number of H-pyrrole nitrogens is 1. The molecule has 0 bridgehead atoms. The van der Waals surface area contributed by atoms with Gasteiger partial charge in [0, 0.05) is 10.6 Å². The van der Waals surface area contributed by atoms with Crippen LogP contribution < -0.4 is 15.8 Å². The van der Waals surface area contributed by atoms with Gasteiger partial charge in [0.1, 0.15) is 17.2 Å². The summed E-state index contributed by atoms with van der Waals surface area (Å²) in [6.45, 7) is 0.601. The number of halogens is 1. The van der Waals surface area contributed by atoms with Gasteiger partial charge in [0.05, 0.1) is 12.4 Å². The van der Waals surface area contributed by atoms with E-state index in [0.29, 0.717) is 18.1 Å². The molecule has 27 heavy (non-hydrogen) atoms. The molecule has 8 heteroatoms. The Morgan fingerprint density at radius 3 is 3.07 bits per heavy atom. The number of carbonyl (C=O) groups excluding carboxylic acids is 1. The molecular formula is C19H20FN4O2S+. The fourth-order valence-corrected chi connectivity index (χ4v) is 4.81. The van der Waals surface area contributed by atoms with Crippen LogP contribution in [-0.4, -0.2) is 29.5 Å². The van der Waals surface area contributed by atoms with Gasteiger partial charge in [-0.25, -0.2) is 9.37 Å². The highest BCUT2D eigenvalue weighted by Gasteiger charge is 2.22. The Morgan fingerprint density at radius 2 is 2.26 bits per heavy atom. The number of aryl methyl sites for hydroxylation is 2. The maximum absolute atomic E-state index is 13.2. The second kappa shape index (κ2) is 7.21. The number of aromatic nitrogens is 2. The monoisotopic (exact) mass is 387 g/mol. The van der Waals surface area contributed by atoms with E-state index >= 15 is 0 Å². The molecule has 1 aliphatic carbocycles. The topological polar surface area (TPSA) is 79.3 Å². The zero-order valence-electron chi connectivity index (χ0n) is 14.9. The molecule has 6 nitrogen and oxygen atoms in total. The summed E-state index contributed by atoms with van der Waals surface area (Å²) in [4.78, 5) is 35.0. The molecule has 0 aliphatic heterocycles. The largest absolute Gasteiger partial charge is 0.323 e. The molecule has 0 spiro atoms. The summed E-state index contributed by atoms with van der Waals surface area (Å²) in [7, 11) is 1.85. The number of aromatic amines is 1. The minimum Gasteiger partial charge on any atom is -0.323 e. The molecule has 3 N–H and O–H groups in total. The Bertz CT molecular complexity index is 1080. The number of carbonyl (C=O) groups is 1. The lowest BCUT2D eigenvalue weighted by Gasteiger charge is -2.13. The Hall–Kier alpha value is -2.58. The zero-order valence-corrected chi connectivity index (χ0v) is 15.7. The summed E-state index contributed by atoms with van der Waals surface area (Å²) in [6.07, 6.45) is 3.08. The smallest absolute Gasteiger partial charge is 0.279 e. The van der Waals surface area contributed by atoms with E-state index in [0.717, 1.165) is 39.9 Å². The Morgan fingerprint density at radius 1 is 1.41 bits per heavy atom. The Labute approximate surface area is 159 Å². The summed E-state index contributed by atoms with van der Waals surface area (Å²) >= 11 is 1.60. The van der Waals surface area contributed by atoms with Gasteiger partial charge in [0.25, 0.3) is 11.5 Å². The van der Waals surface area contributed by atoms with Crippen molar-refractivity contribution in [3.63, 3.8) is 0 Å². The average Bonchev–Trinajstić information content (AvgIpc) is 3.14. The van der Waals surface area contributed by atoms with Crippen LogP contribution in [0.4, 0.5) is 10.1 Å². The number of amides is 1. The van der Waals surface area contributed by atoms with Crippen molar-refractivity contribution in [1.29, 1.82) is 0 Å². The van der Waals surface area contributed by atoms with Gasteiger partial charge in [0.15, 0.2) is 12.4 Å². The molecule has 2 aromatic heterocycles. The quantitative estimate of drug-likeness (QED) is 0.617. The number of nitrogens with one attached hydrogen (secondary N) is 3. The van der Waals surface area contributed by atoms with Crippen LogP contribution in [0.3, 0.4) is 0 Å². The van der Waals surface area contributed by atoms with Crippen molar-refractivity contribution in [2.75, 3.05) is 18.9 Å². The van der Waals surface area contributed by atoms with Crippen molar-refractivity contribution in [2.45, 2.75) is 25.8 Å². The highest BCUT2D eigenvalue weighted by molar-refractivity contribution is 7.18. The van der Waals surface area contributed by atoms with E-state index in [1.807, 2.05) is 7.05 Å². The zero-order chi connectivity index (χ0) is 19.0. The molecule has 4 rings (SSSR count). The fourth-order valence-electron chi connectivity index (χ4n) is 3.52. The lowest BCUT2D eigenvalue weighted by molar-refractivity contribution is -0.885. The minimum atomic E-state index is -0.397. The van der Waals surface area contributed by atoms with Gasteiger partial charge in [-0.1, -0.05) is 6.07 Å². The molecular weight excluding hydrogens is 367 g/mol. The summed E-state index contributed by atoms with van der Waals surface area (Å²) in [6, 6.07) is 5.78. The number of benzene rings is 1. The van der Waals surface area contributed by atoms with Crippen LogP contribution in [0.15, 0.2) is 29.1 Å². The highest BCUT2D eigenvalue weighted by atomic mass is 32.1. The number of likely N-dealkylation sites (N-methyl/N-ethyl adjacent to an activating group) is 1. The van der Waals surface area contributed by atoms with E-state index in [1.54, 1.807) is 23.5 Å². The molecule has 0 saturated heterocycles. The van der Waals surface area contributed by atoms with E-state index in [2.05, 4.69) is 15.3 Å². The molecule has 1 amide bonds. The second-order valence-electron chi connectivity index (χ2n) is 6.92. The predicted octanol–water partition coefficient (Wildman–Crippen LogP) is 1.27. The van der Waals surface area contributed by atoms with E-state index in [-0.39, 0.29) is 18.0 Å². The summed E-state index contributed by atoms with van der Waals surface area (Å²) < 4.78 is 13.2. The lowest BCUT2D eigenvalue weighted by Crippen LogP contribution is -3.08. The summed E-state index contributed by atoms with van der Waals surface area (Å²) in [5, 5.41) is 3.41. The van der Waals surface area contributed by atoms with Crippen molar-refractivity contribution in [1.82, 2.24) is 9.97 Å². The van der Waals surface area contributed by atoms with Crippen LogP contribution in [0, 0.1) is 5.82 Å². The number of nitrogens with zero attached hydrogens (tertiary/aromatic N) is 1. The van der Waals surface area contributed by atoms with Crippen LogP contribution in [0.25, 0.3) is 10.2 Å². The summed E-state index contributed by atoms with van der Waals surface area (Å²) in [5.74, 6) is -0.0495. The normalized spacial score (nSPS) is 14.3. The third-order valence-electron chi connectivity index (χ3n) is 4.66. The third-order valence-corrected chi connectivity index (χ3v) is 5.85. The molecule has 1 atom stereocenters. The number of thiophene rings is 1. The Kier molecular flexibility index (Phi) is 4.75. The summed E-state index contributed by atoms with van der Waals surface area (Å²) in [5.41, 5.74) is 1.49. The van der Waals surface area contributed by atoms with Gasteiger partial charge >= 0.3 is 0 Å². The number of anilines is 1. The first-order valence-corrected chi connectivity index (χ1v) is 9.71. The first-order chi connectivity index (χ1) is 13.0. The van der Waals surface area contributed by atoms with Gasteiger partial charge < -0.3 is 15.2 Å². The standard InChI is InChI=1S/C19H19FN4O2S/c1-24(10-16(25)21-12-5-2-4-11(20)8-12)9-15-22-18(26)17-13-6-3-7-14(13)27-19(17)23-15/h2,4-5,8H,3,6-7,9-10H2,1H3,(H,21,25)(H,22,23,26)/p+1. The van der Waals surface area contributed by atoms with Gasteiger partial charge in [-0.05, 0) is 43.0 Å². The van der Waals surface area contributed by atoms with E-state index < -0.39 is 5.82 Å². The number of quaternary nitrogens is 1. The predicted molar refractivity (Wildman–Crippen MR) is 103 cm³/mol. The van der Waals surface area contributed by atoms with Gasteiger partial charge in [0.2, 0.25) is 0 Å². The van der Waals surface area contributed by atoms with Crippen LogP contribution in [0.5, 0.6) is 0 Å². The number of hydrogen-bond donors (Lipinski definition) is 3. The van der Waals surface area contributed by atoms with Crippen LogP contribution in [-0.2, 0) is 24.2 Å². The molecule has 0 saturated carbocycles. The molecule has 0 radical (unpaired) electrons. The molecule has 0 fully saturated rings. The average molecular weight is 387 g/mol. The number of fused-ring (bicyclic) bond motifs is 3. The highest BCUT2D eigenvalue weighted by Crippen LogP contribution is 2.34. The number of rotatable bonds is 5. The number of hydrogen-bond acceptors (Lipinski definition) is 4. The van der Waals surface area contributed by atoms with Gasteiger partial charge in [-0.2, -0.15) is 0 Å². The fraction of sp³-hybridized carbons (Fsp3) is 0.316. The molecule has 1 unspecified atom stereocenters. The Balaban J connectivity index is 1.44. The second-order valence-corrected chi connectivity index (χ2v) is 8.00. The lowest BCUT2D eigenvalue weighted by atomic mass is 10.2. The molecule has 3 aromatic rings. The van der Waals surface area contributed by atoms with E-state index in [1.165, 1.54) is 17.0 Å². The van der Waals surface area contributed by atoms with E-state index in [4.69, 9.17) is 0 Å². The van der Waals surface area contributed by atoms with Crippen LogP contribution in [0.2, 0.25) is 0 Å². The van der Waals surface area contributed by atoms with Crippen molar-refractivity contribution < 1.29 is 14.1 Å². The molecule has 2 heterocycles. The SMILES string of the molecule is C[NH+](CC(=O)Nc1cccc(F)c1)Cc1nc2sc3c(c2c(=O)[nH]1)CCC3. The van der Waals surface area contributed by atoms with Crippen LogP contribution >= 0.6 is 11.3 Å². The molecule has 140 valence electrons. The third kappa shape index (κ3) is 3.77. The van der Waals surface area contributed by atoms with Crippen molar-refractivity contribution >= 4 is 33.1 Å². The van der Waals surface area contributed by atoms with Crippen molar-refractivity contribution in [3.8, 4) is 0 Å². The van der Waals surface area contributed by atoms with Crippen LogP contribution in [0.1, 0.15) is 22.7 Å². The van der Waals surface area contributed by atoms with Crippen molar-refractivity contribution in [3.05, 3.63) is 56.7 Å². The van der Waals surface area contributed by atoms with E-state index in [9.17, 15) is 14.0 Å². The molecule has 1 aliphatic rings. The molecule has 1 aromatic carbocycles. The maximum atomic E-state index is 13.2. The minimum absolute atomic E-state index is 0.0913.